The van der Waals surface area contributed by atoms with Crippen LogP contribution in [0, 0.1) is 0 Å². The van der Waals surface area contributed by atoms with Crippen molar-refractivity contribution in [2.75, 3.05) is 4.31 Å². The van der Waals surface area contributed by atoms with Gasteiger partial charge in [0.15, 0.2) is 0 Å². The molecule has 1 heterocycles. The number of anilines is 1. The van der Waals surface area contributed by atoms with Crippen molar-refractivity contribution in [3.63, 3.8) is 0 Å². The molecule has 0 saturated heterocycles. The average Bonchev–Trinajstić information content (AvgIpc) is 2.90. The molecule has 0 radical (unpaired) electrons. The second-order valence-electron chi connectivity index (χ2n) is 5.99. The Morgan fingerprint density at radius 1 is 0.913 bits per heavy atom. The Hall–Kier alpha value is -2.33. The Morgan fingerprint density at radius 3 is 2.43 bits per heavy atom. The maximum Gasteiger partial charge on any atom is 0.264 e. The van der Waals surface area contributed by atoms with E-state index in [2.05, 4.69) is 0 Å². The van der Waals surface area contributed by atoms with Gasteiger partial charge in [-0.1, -0.05) is 48.5 Å². The fourth-order valence-electron chi connectivity index (χ4n) is 3.34. The summed E-state index contributed by atoms with van der Waals surface area (Å²) >= 11 is 0. The fourth-order valence-corrected chi connectivity index (χ4v) is 5.07. The molecule has 0 amide bonds. The highest BCUT2D eigenvalue weighted by molar-refractivity contribution is 7.92. The third-order valence-corrected chi connectivity index (χ3v) is 6.35. The number of benzene rings is 3. The molecule has 0 saturated carbocycles. The van der Waals surface area contributed by atoms with Crippen LogP contribution in [0.1, 0.15) is 12.5 Å². The Balaban J connectivity index is 1.86. The number of hydrogen-bond acceptors (Lipinski definition) is 2. The van der Waals surface area contributed by atoms with E-state index in [4.69, 9.17) is 0 Å². The summed E-state index contributed by atoms with van der Waals surface area (Å²) in [5, 5.41) is 1.98. The normalized spacial score (nSPS) is 17.4. The quantitative estimate of drug-likeness (QED) is 0.715. The monoisotopic (exact) mass is 323 g/mol. The van der Waals surface area contributed by atoms with Crippen LogP contribution in [0.4, 0.5) is 5.69 Å². The Morgan fingerprint density at radius 2 is 1.61 bits per heavy atom. The Kier molecular flexibility index (Phi) is 3.16. The van der Waals surface area contributed by atoms with Crippen LogP contribution in [0.3, 0.4) is 0 Å². The van der Waals surface area contributed by atoms with Crippen molar-refractivity contribution >= 4 is 26.5 Å². The molecule has 3 aromatic carbocycles. The second kappa shape index (κ2) is 5.10. The van der Waals surface area contributed by atoms with Gasteiger partial charge in [-0.3, -0.25) is 4.31 Å². The summed E-state index contributed by atoms with van der Waals surface area (Å²) in [4.78, 5) is 0.347. The van der Waals surface area contributed by atoms with Gasteiger partial charge in [0.1, 0.15) is 0 Å². The van der Waals surface area contributed by atoms with Crippen LogP contribution in [-0.2, 0) is 16.4 Å². The molecule has 4 rings (SSSR count). The van der Waals surface area contributed by atoms with E-state index < -0.39 is 10.0 Å². The first-order valence-corrected chi connectivity index (χ1v) is 9.12. The summed E-state index contributed by atoms with van der Waals surface area (Å²) in [5.74, 6) is 0. The van der Waals surface area contributed by atoms with Crippen molar-refractivity contribution in [2.45, 2.75) is 24.3 Å². The third kappa shape index (κ3) is 2.21. The van der Waals surface area contributed by atoms with Gasteiger partial charge in [0.2, 0.25) is 0 Å². The Bertz CT molecular complexity index is 995. The second-order valence-corrected chi connectivity index (χ2v) is 7.81. The standard InChI is InChI=1S/C19H17NO2S/c1-14-12-17-8-4-5-9-19(17)20(14)23(21,22)18-11-10-15-6-2-3-7-16(15)13-18/h2-11,13-14H,12H2,1H3/t14-/m1/s1. The Labute approximate surface area is 136 Å². The molecule has 0 aliphatic carbocycles. The summed E-state index contributed by atoms with van der Waals surface area (Å²) in [5.41, 5.74) is 1.89. The van der Waals surface area contributed by atoms with Gasteiger partial charge in [-0.2, -0.15) is 0 Å². The summed E-state index contributed by atoms with van der Waals surface area (Å²) in [7, 11) is -3.56. The van der Waals surface area contributed by atoms with E-state index in [1.165, 1.54) is 0 Å². The predicted octanol–water partition coefficient (Wildman–Crippen LogP) is 3.98. The van der Waals surface area contributed by atoms with E-state index in [-0.39, 0.29) is 6.04 Å². The van der Waals surface area contributed by atoms with Gasteiger partial charge in [0.25, 0.3) is 10.0 Å². The molecule has 116 valence electrons. The molecule has 0 N–H and O–H groups in total. The van der Waals surface area contributed by atoms with Crippen LogP contribution in [0.15, 0.2) is 71.6 Å². The smallest absolute Gasteiger partial charge is 0.263 e. The molecule has 0 spiro atoms. The highest BCUT2D eigenvalue weighted by Gasteiger charge is 2.35. The zero-order chi connectivity index (χ0) is 16.0. The molecule has 0 fully saturated rings. The van der Waals surface area contributed by atoms with Gasteiger partial charge < -0.3 is 0 Å². The van der Waals surface area contributed by atoms with Crippen molar-refractivity contribution < 1.29 is 8.42 Å². The topological polar surface area (TPSA) is 37.4 Å². The van der Waals surface area contributed by atoms with E-state index in [0.717, 1.165) is 28.4 Å². The molecular formula is C19H17NO2S. The van der Waals surface area contributed by atoms with Gasteiger partial charge in [-0.05, 0) is 47.9 Å². The van der Waals surface area contributed by atoms with Gasteiger partial charge in [0, 0.05) is 6.04 Å². The minimum Gasteiger partial charge on any atom is -0.263 e. The van der Waals surface area contributed by atoms with Crippen molar-refractivity contribution in [1.29, 1.82) is 0 Å². The lowest BCUT2D eigenvalue weighted by Crippen LogP contribution is -2.35. The van der Waals surface area contributed by atoms with Crippen LogP contribution in [0.2, 0.25) is 0 Å². The molecule has 3 aromatic rings. The lowest BCUT2D eigenvalue weighted by atomic mass is 10.1. The van der Waals surface area contributed by atoms with Crippen molar-refractivity contribution in [3.8, 4) is 0 Å². The van der Waals surface area contributed by atoms with Crippen LogP contribution >= 0.6 is 0 Å². The van der Waals surface area contributed by atoms with E-state index >= 15 is 0 Å². The number of para-hydroxylation sites is 1. The number of nitrogens with zero attached hydrogens (tertiary/aromatic N) is 1. The zero-order valence-corrected chi connectivity index (χ0v) is 13.6. The number of sulfonamides is 1. The summed E-state index contributed by atoms with van der Waals surface area (Å²) in [6, 6.07) is 20.8. The molecule has 0 aromatic heterocycles. The van der Waals surface area contributed by atoms with E-state index in [0.29, 0.717) is 4.90 Å². The lowest BCUT2D eigenvalue weighted by Gasteiger charge is -2.24. The molecule has 1 aliphatic heterocycles. The predicted molar refractivity (Wildman–Crippen MR) is 93.2 cm³/mol. The zero-order valence-electron chi connectivity index (χ0n) is 12.8. The van der Waals surface area contributed by atoms with Crippen molar-refractivity contribution in [1.82, 2.24) is 0 Å². The summed E-state index contributed by atoms with van der Waals surface area (Å²) < 4.78 is 27.9. The number of fused-ring (bicyclic) bond motifs is 2. The summed E-state index contributed by atoms with van der Waals surface area (Å²) in [6.07, 6.45) is 0.753. The highest BCUT2D eigenvalue weighted by Crippen LogP contribution is 2.36. The molecule has 23 heavy (non-hydrogen) atoms. The molecule has 4 heteroatoms. The van der Waals surface area contributed by atoms with Crippen LogP contribution in [0.5, 0.6) is 0 Å². The molecular weight excluding hydrogens is 306 g/mol. The minimum absolute atomic E-state index is 0.0659. The first kappa shape index (κ1) is 14.3. The molecule has 1 atom stereocenters. The van der Waals surface area contributed by atoms with E-state index in [1.807, 2.05) is 61.5 Å². The van der Waals surface area contributed by atoms with E-state index in [1.54, 1.807) is 16.4 Å². The van der Waals surface area contributed by atoms with Gasteiger partial charge in [-0.15, -0.1) is 0 Å². The maximum atomic E-state index is 13.2. The van der Waals surface area contributed by atoms with Gasteiger partial charge in [-0.25, -0.2) is 8.42 Å². The van der Waals surface area contributed by atoms with Crippen LogP contribution in [0.25, 0.3) is 10.8 Å². The maximum absolute atomic E-state index is 13.2. The van der Waals surface area contributed by atoms with Crippen LogP contribution < -0.4 is 4.31 Å². The fraction of sp³-hybridized carbons (Fsp3) is 0.158. The molecule has 3 nitrogen and oxygen atoms in total. The SMILES string of the molecule is C[C@@H]1Cc2ccccc2N1S(=O)(=O)c1ccc2ccccc2c1. The first-order valence-electron chi connectivity index (χ1n) is 7.68. The average molecular weight is 323 g/mol. The molecule has 1 aliphatic rings. The minimum atomic E-state index is -3.56. The summed E-state index contributed by atoms with van der Waals surface area (Å²) in [6.45, 7) is 1.96. The van der Waals surface area contributed by atoms with Crippen LogP contribution in [-0.4, -0.2) is 14.5 Å². The van der Waals surface area contributed by atoms with E-state index in [9.17, 15) is 8.42 Å². The van der Waals surface area contributed by atoms with Crippen molar-refractivity contribution in [3.05, 3.63) is 72.3 Å². The first-order chi connectivity index (χ1) is 11.1. The van der Waals surface area contributed by atoms with Gasteiger partial charge in [0.05, 0.1) is 10.6 Å². The van der Waals surface area contributed by atoms with Gasteiger partial charge >= 0.3 is 0 Å². The lowest BCUT2D eigenvalue weighted by molar-refractivity contribution is 0.584. The highest BCUT2D eigenvalue weighted by atomic mass is 32.2. The van der Waals surface area contributed by atoms with Crippen molar-refractivity contribution in [2.24, 2.45) is 0 Å². The molecule has 0 unspecified atom stereocenters. The largest absolute Gasteiger partial charge is 0.264 e. The molecule has 0 bridgehead atoms. The number of hydrogen-bond donors (Lipinski definition) is 0. The third-order valence-electron chi connectivity index (χ3n) is 4.42. The number of rotatable bonds is 2.